The first-order valence-corrected chi connectivity index (χ1v) is 9.23. The summed E-state index contributed by atoms with van der Waals surface area (Å²) in [5.74, 6) is -0.929. The van der Waals surface area contributed by atoms with Gasteiger partial charge in [-0.3, -0.25) is 10.00 Å². The van der Waals surface area contributed by atoms with E-state index < -0.39 is 11.6 Å². The summed E-state index contributed by atoms with van der Waals surface area (Å²) in [4.78, 5) is 14.5. The smallest absolute Gasteiger partial charge is 0.323 e. The number of carbonyl (C=O) groups is 1. The van der Waals surface area contributed by atoms with Gasteiger partial charge in [0, 0.05) is 57.3 Å². The standard InChI is InChI=1S/C19H22F2N4O3/c1-24-17(11-16(23-24)14-3-2-13(20)10-15(14)21)22-18(26)25-6-9-28-19(12-25)4-7-27-8-5-19/h2-3,10-11H,4-9,12H2,1H3,(H,22,26). The SMILES string of the molecule is Cn1nc(-c2ccc(F)cc2F)cc1NC(=O)N1CCOC2(CCOCC2)C1. The van der Waals surface area contributed by atoms with Gasteiger partial charge in [0.15, 0.2) is 0 Å². The highest BCUT2D eigenvalue weighted by atomic mass is 19.1. The number of hydrogen-bond donors (Lipinski definition) is 1. The van der Waals surface area contributed by atoms with Crippen molar-refractivity contribution in [2.45, 2.75) is 18.4 Å². The lowest BCUT2D eigenvalue weighted by atomic mass is 9.92. The molecule has 0 radical (unpaired) electrons. The van der Waals surface area contributed by atoms with Crippen LogP contribution in [0.3, 0.4) is 0 Å². The Hall–Kier alpha value is -2.52. The Kier molecular flexibility index (Phi) is 5.03. The highest BCUT2D eigenvalue weighted by Gasteiger charge is 2.39. The van der Waals surface area contributed by atoms with E-state index in [4.69, 9.17) is 9.47 Å². The normalized spacial score (nSPS) is 19.0. The molecule has 1 aromatic heterocycles. The van der Waals surface area contributed by atoms with Crippen LogP contribution in [0, 0.1) is 11.6 Å². The van der Waals surface area contributed by atoms with E-state index in [-0.39, 0.29) is 17.2 Å². The predicted octanol–water partition coefficient (Wildman–Crippen LogP) is 2.78. The van der Waals surface area contributed by atoms with E-state index in [1.807, 2.05) is 0 Å². The Morgan fingerprint density at radius 3 is 2.75 bits per heavy atom. The van der Waals surface area contributed by atoms with Gasteiger partial charge in [0.1, 0.15) is 17.5 Å². The van der Waals surface area contributed by atoms with Gasteiger partial charge in [-0.15, -0.1) is 0 Å². The lowest BCUT2D eigenvalue weighted by Gasteiger charge is -2.44. The fourth-order valence-corrected chi connectivity index (χ4v) is 3.67. The number of amides is 2. The Labute approximate surface area is 161 Å². The van der Waals surface area contributed by atoms with Crippen LogP contribution >= 0.6 is 0 Å². The van der Waals surface area contributed by atoms with Crippen LogP contribution in [-0.4, -0.2) is 59.2 Å². The zero-order valence-electron chi connectivity index (χ0n) is 15.6. The van der Waals surface area contributed by atoms with E-state index in [0.29, 0.717) is 44.4 Å². The molecule has 2 aliphatic rings. The number of aromatic nitrogens is 2. The molecule has 0 atom stereocenters. The van der Waals surface area contributed by atoms with Gasteiger partial charge in [-0.1, -0.05) is 0 Å². The van der Waals surface area contributed by atoms with E-state index in [9.17, 15) is 13.6 Å². The molecule has 2 amide bonds. The van der Waals surface area contributed by atoms with Gasteiger partial charge < -0.3 is 14.4 Å². The molecular weight excluding hydrogens is 370 g/mol. The molecule has 4 rings (SSSR count). The molecule has 0 unspecified atom stereocenters. The fourth-order valence-electron chi connectivity index (χ4n) is 3.67. The Morgan fingerprint density at radius 1 is 1.21 bits per heavy atom. The van der Waals surface area contributed by atoms with Crippen molar-refractivity contribution >= 4 is 11.8 Å². The molecule has 1 spiro atoms. The average molecular weight is 392 g/mol. The number of aryl methyl sites for hydroxylation is 1. The second-order valence-corrected chi connectivity index (χ2v) is 7.16. The maximum absolute atomic E-state index is 14.0. The number of benzene rings is 1. The van der Waals surface area contributed by atoms with E-state index >= 15 is 0 Å². The molecule has 1 N–H and O–H groups in total. The van der Waals surface area contributed by atoms with Gasteiger partial charge in [-0.2, -0.15) is 5.10 Å². The van der Waals surface area contributed by atoms with Crippen molar-refractivity contribution < 1.29 is 23.0 Å². The second-order valence-electron chi connectivity index (χ2n) is 7.16. The van der Waals surface area contributed by atoms with E-state index in [1.54, 1.807) is 18.0 Å². The maximum atomic E-state index is 14.0. The molecule has 2 aromatic rings. The maximum Gasteiger partial charge on any atom is 0.323 e. The third-order valence-corrected chi connectivity index (χ3v) is 5.26. The molecule has 3 heterocycles. The lowest BCUT2D eigenvalue weighted by Crippen LogP contribution is -2.56. The Morgan fingerprint density at radius 2 is 2.00 bits per heavy atom. The summed E-state index contributed by atoms with van der Waals surface area (Å²) in [5, 5.41) is 7.06. The van der Waals surface area contributed by atoms with Crippen molar-refractivity contribution in [1.29, 1.82) is 0 Å². The van der Waals surface area contributed by atoms with Gasteiger partial charge in [0.05, 0.1) is 24.4 Å². The molecule has 0 saturated carbocycles. The van der Waals surface area contributed by atoms with Crippen LogP contribution < -0.4 is 5.32 Å². The molecule has 28 heavy (non-hydrogen) atoms. The van der Waals surface area contributed by atoms with Gasteiger partial charge in [-0.05, 0) is 12.1 Å². The van der Waals surface area contributed by atoms with E-state index in [1.165, 1.54) is 16.8 Å². The van der Waals surface area contributed by atoms with Crippen LogP contribution in [-0.2, 0) is 16.5 Å². The van der Waals surface area contributed by atoms with Crippen molar-refractivity contribution in [3.05, 3.63) is 35.9 Å². The molecule has 2 aliphatic heterocycles. The fraction of sp³-hybridized carbons (Fsp3) is 0.474. The zero-order chi connectivity index (χ0) is 19.7. The molecule has 0 aliphatic carbocycles. The van der Waals surface area contributed by atoms with E-state index in [0.717, 1.165) is 18.9 Å². The molecule has 7 nitrogen and oxygen atoms in total. The van der Waals surface area contributed by atoms with Crippen LogP contribution in [0.2, 0.25) is 0 Å². The Bertz CT molecular complexity index is 875. The summed E-state index contributed by atoms with van der Waals surface area (Å²) in [6.07, 6.45) is 1.52. The second kappa shape index (κ2) is 7.48. The number of nitrogens with zero attached hydrogens (tertiary/aromatic N) is 3. The molecule has 1 aromatic carbocycles. The predicted molar refractivity (Wildman–Crippen MR) is 97.9 cm³/mol. The highest BCUT2D eigenvalue weighted by molar-refractivity contribution is 5.89. The number of urea groups is 1. The first kappa shape index (κ1) is 18.8. The first-order valence-electron chi connectivity index (χ1n) is 9.23. The monoisotopic (exact) mass is 392 g/mol. The molecule has 2 saturated heterocycles. The minimum Gasteiger partial charge on any atom is -0.381 e. The van der Waals surface area contributed by atoms with Crippen LogP contribution in [0.15, 0.2) is 24.3 Å². The lowest BCUT2D eigenvalue weighted by molar-refractivity contribution is -0.144. The van der Waals surface area contributed by atoms with Crippen molar-refractivity contribution in [1.82, 2.24) is 14.7 Å². The minimum absolute atomic E-state index is 0.171. The number of halogens is 2. The third kappa shape index (κ3) is 3.72. The van der Waals surface area contributed by atoms with Gasteiger partial charge in [-0.25, -0.2) is 13.6 Å². The van der Waals surface area contributed by atoms with Gasteiger partial charge in [0.2, 0.25) is 0 Å². The zero-order valence-corrected chi connectivity index (χ0v) is 15.6. The van der Waals surface area contributed by atoms with Crippen molar-refractivity contribution in [2.75, 3.05) is 38.2 Å². The summed E-state index contributed by atoms with van der Waals surface area (Å²) in [6.45, 7) is 2.73. The van der Waals surface area contributed by atoms with Crippen LogP contribution in [0.25, 0.3) is 11.3 Å². The van der Waals surface area contributed by atoms with Gasteiger partial charge in [0.25, 0.3) is 0 Å². The van der Waals surface area contributed by atoms with Crippen LogP contribution in [0.5, 0.6) is 0 Å². The number of anilines is 1. The summed E-state index contributed by atoms with van der Waals surface area (Å²) < 4.78 is 40.0. The van der Waals surface area contributed by atoms with Crippen molar-refractivity contribution in [3.63, 3.8) is 0 Å². The average Bonchev–Trinajstić information content (AvgIpc) is 3.02. The molecule has 0 bridgehead atoms. The van der Waals surface area contributed by atoms with Crippen molar-refractivity contribution in [2.24, 2.45) is 7.05 Å². The van der Waals surface area contributed by atoms with Crippen molar-refractivity contribution in [3.8, 4) is 11.3 Å². The number of morpholine rings is 1. The molecule has 2 fully saturated rings. The largest absolute Gasteiger partial charge is 0.381 e. The summed E-state index contributed by atoms with van der Waals surface area (Å²) in [6, 6.07) is 4.62. The molecular formula is C19H22F2N4O3. The summed E-state index contributed by atoms with van der Waals surface area (Å²) >= 11 is 0. The minimum atomic E-state index is -0.703. The Balaban J connectivity index is 1.48. The first-order chi connectivity index (χ1) is 13.5. The number of nitrogens with one attached hydrogen (secondary N) is 1. The van der Waals surface area contributed by atoms with Crippen LogP contribution in [0.1, 0.15) is 12.8 Å². The topological polar surface area (TPSA) is 68.6 Å². The molecule has 150 valence electrons. The summed E-state index contributed by atoms with van der Waals surface area (Å²) in [5.41, 5.74) is 0.145. The number of hydrogen-bond acceptors (Lipinski definition) is 4. The van der Waals surface area contributed by atoms with E-state index in [2.05, 4.69) is 10.4 Å². The highest BCUT2D eigenvalue weighted by Crippen LogP contribution is 2.30. The molecule has 9 heteroatoms. The summed E-state index contributed by atoms with van der Waals surface area (Å²) in [7, 11) is 1.65. The van der Waals surface area contributed by atoms with Gasteiger partial charge >= 0.3 is 6.03 Å². The quantitative estimate of drug-likeness (QED) is 0.853. The van der Waals surface area contributed by atoms with Crippen LogP contribution in [0.4, 0.5) is 19.4 Å². The number of ether oxygens (including phenoxy) is 2. The number of carbonyl (C=O) groups excluding carboxylic acids is 1. The number of rotatable bonds is 2. The third-order valence-electron chi connectivity index (χ3n) is 5.26.